The van der Waals surface area contributed by atoms with E-state index < -0.39 is 0 Å². The molecule has 1 aliphatic rings. The van der Waals surface area contributed by atoms with E-state index in [-0.39, 0.29) is 5.91 Å². The van der Waals surface area contributed by atoms with Gasteiger partial charge < -0.3 is 10.2 Å². The van der Waals surface area contributed by atoms with Crippen molar-refractivity contribution in [2.45, 2.75) is 52.5 Å². The number of carbonyl (C=O) groups excluding carboxylic acids is 1. The van der Waals surface area contributed by atoms with Crippen molar-refractivity contribution in [2.75, 3.05) is 18.5 Å². The molecule has 1 saturated carbocycles. The normalized spacial score (nSPS) is 14.5. The van der Waals surface area contributed by atoms with Crippen LogP contribution in [-0.2, 0) is 4.79 Å². The Kier molecular flexibility index (Phi) is 7.92. The Hall–Kier alpha value is -0.920. The predicted octanol–water partition coefficient (Wildman–Crippen LogP) is 3.02. The number of amides is 1. The van der Waals surface area contributed by atoms with Crippen LogP contribution < -0.4 is 15.5 Å². The van der Waals surface area contributed by atoms with Crippen molar-refractivity contribution in [3.63, 3.8) is 0 Å². The zero-order chi connectivity index (χ0) is 15.8. The Morgan fingerprint density at radius 1 is 1.33 bits per heavy atom. The molecule has 1 fully saturated rings. The van der Waals surface area contributed by atoms with E-state index >= 15 is 0 Å². The standard InChI is InChI=1S/C15H23N2OP.C2H6/c1-11-7-8-13(9-14(11)19)17(2)15(18)10-16-12-5-3-4-6-12;1-2/h7-9,12,16H,3-6,10,19H2,1-2H3;1-2H3. The van der Waals surface area contributed by atoms with Crippen LogP contribution in [0.1, 0.15) is 45.1 Å². The van der Waals surface area contributed by atoms with Crippen LogP contribution >= 0.6 is 9.24 Å². The number of nitrogens with one attached hydrogen (secondary N) is 1. The van der Waals surface area contributed by atoms with Crippen molar-refractivity contribution in [1.82, 2.24) is 5.32 Å². The molecule has 1 unspecified atom stereocenters. The highest BCUT2D eigenvalue weighted by atomic mass is 31.0. The van der Waals surface area contributed by atoms with Crippen molar-refractivity contribution in [3.05, 3.63) is 23.8 Å². The first-order valence-corrected chi connectivity index (χ1v) is 8.51. The van der Waals surface area contributed by atoms with Crippen molar-refractivity contribution in [2.24, 2.45) is 0 Å². The average molecular weight is 308 g/mol. The minimum Gasteiger partial charge on any atom is -0.314 e. The summed E-state index contributed by atoms with van der Waals surface area (Å²) < 4.78 is 0. The molecule has 2 rings (SSSR count). The number of carbonyl (C=O) groups is 1. The molecule has 0 saturated heterocycles. The number of likely N-dealkylation sites (N-methyl/N-ethyl adjacent to an activating group) is 1. The van der Waals surface area contributed by atoms with Gasteiger partial charge in [-0.15, -0.1) is 9.24 Å². The monoisotopic (exact) mass is 308 g/mol. The van der Waals surface area contributed by atoms with Gasteiger partial charge in [0, 0.05) is 18.8 Å². The SMILES string of the molecule is CC.Cc1ccc(N(C)C(=O)CNC2CCCC2)cc1P. The third-order valence-electron chi connectivity index (χ3n) is 3.92. The van der Waals surface area contributed by atoms with Crippen LogP contribution in [0, 0.1) is 6.92 Å². The van der Waals surface area contributed by atoms with Crippen LogP contribution in [0.3, 0.4) is 0 Å². The molecule has 0 spiro atoms. The zero-order valence-corrected chi connectivity index (χ0v) is 14.9. The van der Waals surface area contributed by atoms with Crippen LogP contribution in [0.5, 0.6) is 0 Å². The summed E-state index contributed by atoms with van der Waals surface area (Å²) in [5, 5.41) is 4.50. The molecule has 0 aliphatic heterocycles. The lowest BCUT2D eigenvalue weighted by Gasteiger charge is -2.20. The van der Waals surface area contributed by atoms with Gasteiger partial charge >= 0.3 is 0 Å². The van der Waals surface area contributed by atoms with E-state index in [1.807, 2.05) is 39.1 Å². The van der Waals surface area contributed by atoms with E-state index in [0.717, 1.165) is 11.0 Å². The molecule has 21 heavy (non-hydrogen) atoms. The maximum Gasteiger partial charge on any atom is 0.240 e. The zero-order valence-electron chi connectivity index (χ0n) is 13.8. The van der Waals surface area contributed by atoms with Gasteiger partial charge in [0.2, 0.25) is 5.91 Å². The Labute approximate surface area is 131 Å². The smallest absolute Gasteiger partial charge is 0.240 e. The second-order valence-corrected chi connectivity index (χ2v) is 5.98. The lowest BCUT2D eigenvalue weighted by Crippen LogP contribution is -2.39. The summed E-state index contributed by atoms with van der Waals surface area (Å²) in [6.07, 6.45) is 4.99. The van der Waals surface area contributed by atoms with E-state index in [1.165, 1.54) is 31.2 Å². The van der Waals surface area contributed by atoms with Crippen molar-refractivity contribution in [3.8, 4) is 0 Å². The fourth-order valence-corrected chi connectivity index (χ4v) is 2.73. The van der Waals surface area contributed by atoms with Gasteiger partial charge in [0.15, 0.2) is 0 Å². The maximum atomic E-state index is 12.2. The third-order valence-corrected chi connectivity index (χ3v) is 4.54. The molecule has 118 valence electrons. The van der Waals surface area contributed by atoms with E-state index in [0.29, 0.717) is 12.6 Å². The number of hydrogen-bond donors (Lipinski definition) is 1. The first kappa shape index (κ1) is 18.1. The van der Waals surface area contributed by atoms with Gasteiger partial charge in [0.1, 0.15) is 0 Å². The van der Waals surface area contributed by atoms with E-state index in [9.17, 15) is 4.79 Å². The number of benzene rings is 1. The lowest BCUT2D eigenvalue weighted by molar-refractivity contribution is -0.117. The van der Waals surface area contributed by atoms with Crippen LogP contribution in [0.4, 0.5) is 5.69 Å². The molecule has 1 aliphatic carbocycles. The summed E-state index contributed by atoms with van der Waals surface area (Å²) in [7, 11) is 4.55. The number of hydrogen-bond acceptors (Lipinski definition) is 2. The van der Waals surface area contributed by atoms with Crippen LogP contribution in [-0.4, -0.2) is 25.5 Å². The van der Waals surface area contributed by atoms with Gasteiger partial charge in [-0.3, -0.25) is 4.79 Å². The van der Waals surface area contributed by atoms with Gasteiger partial charge in [-0.25, -0.2) is 0 Å². The highest BCUT2D eigenvalue weighted by Gasteiger charge is 2.17. The van der Waals surface area contributed by atoms with E-state index in [1.54, 1.807) is 4.90 Å². The molecule has 1 aromatic carbocycles. The minimum absolute atomic E-state index is 0.125. The summed E-state index contributed by atoms with van der Waals surface area (Å²) in [5.41, 5.74) is 2.17. The van der Waals surface area contributed by atoms with E-state index in [2.05, 4.69) is 21.5 Å². The second kappa shape index (κ2) is 9.17. The molecule has 1 atom stereocenters. The van der Waals surface area contributed by atoms with Crippen molar-refractivity contribution in [1.29, 1.82) is 0 Å². The molecule has 1 amide bonds. The first-order chi connectivity index (χ1) is 10.1. The molecule has 4 heteroatoms. The molecule has 0 bridgehead atoms. The second-order valence-electron chi connectivity index (χ2n) is 5.36. The Bertz CT molecular complexity index is 456. The average Bonchev–Trinajstić information content (AvgIpc) is 3.02. The summed E-state index contributed by atoms with van der Waals surface area (Å²) in [4.78, 5) is 13.9. The van der Waals surface area contributed by atoms with Gasteiger partial charge in [0.25, 0.3) is 0 Å². The third kappa shape index (κ3) is 5.41. The quantitative estimate of drug-likeness (QED) is 0.867. The molecule has 3 nitrogen and oxygen atoms in total. The number of aryl methyl sites for hydroxylation is 1. The topological polar surface area (TPSA) is 32.3 Å². The Morgan fingerprint density at radius 3 is 2.52 bits per heavy atom. The van der Waals surface area contributed by atoms with Gasteiger partial charge in [-0.1, -0.05) is 32.8 Å². The molecule has 0 heterocycles. The highest BCUT2D eigenvalue weighted by Crippen LogP contribution is 2.18. The molecule has 0 radical (unpaired) electrons. The number of nitrogens with zero attached hydrogens (tertiary/aromatic N) is 1. The molecular weight excluding hydrogens is 279 g/mol. The van der Waals surface area contributed by atoms with Crippen molar-refractivity contribution < 1.29 is 4.79 Å². The molecule has 1 N–H and O–H groups in total. The minimum atomic E-state index is 0.125. The lowest BCUT2D eigenvalue weighted by atomic mass is 10.2. The van der Waals surface area contributed by atoms with Gasteiger partial charge in [-0.05, 0) is 42.8 Å². The number of anilines is 1. The Balaban J connectivity index is 0.00000106. The Morgan fingerprint density at radius 2 is 1.95 bits per heavy atom. The van der Waals surface area contributed by atoms with Crippen LogP contribution in [0.25, 0.3) is 0 Å². The first-order valence-electron chi connectivity index (χ1n) is 7.94. The molecule has 0 aromatic heterocycles. The van der Waals surface area contributed by atoms with E-state index in [4.69, 9.17) is 0 Å². The largest absolute Gasteiger partial charge is 0.314 e. The fraction of sp³-hybridized carbons (Fsp3) is 0.588. The van der Waals surface area contributed by atoms with Crippen molar-refractivity contribution >= 4 is 26.1 Å². The number of rotatable bonds is 4. The fourth-order valence-electron chi connectivity index (χ4n) is 2.46. The summed E-state index contributed by atoms with van der Waals surface area (Å²) >= 11 is 0. The maximum absolute atomic E-state index is 12.2. The molecule has 1 aromatic rings. The van der Waals surface area contributed by atoms with Gasteiger partial charge in [0.05, 0.1) is 6.54 Å². The predicted molar refractivity (Wildman–Crippen MR) is 95.5 cm³/mol. The van der Waals surface area contributed by atoms with Crippen LogP contribution in [0.15, 0.2) is 18.2 Å². The van der Waals surface area contributed by atoms with Gasteiger partial charge in [-0.2, -0.15) is 0 Å². The summed E-state index contributed by atoms with van der Waals surface area (Å²) in [5.74, 6) is 0.125. The summed E-state index contributed by atoms with van der Waals surface area (Å²) in [6, 6.07) is 6.61. The van der Waals surface area contributed by atoms with Crippen LogP contribution in [0.2, 0.25) is 0 Å². The highest BCUT2D eigenvalue weighted by molar-refractivity contribution is 7.27. The molecular formula is C17H29N2OP. The summed E-state index contributed by atoms with van der Waals surface area (Å²) in [6.45, 7) is 6.50.